The molecule has 100 valence electrons. The maximum absolute atomic E-state index is 12.3. The van der Waals surface area contributed by atoms with Gasteiger partial charge in [0.2, 0.25) is 0 Å². The van der Waals surface area contributed by atoms with E-state index in [0.29, 0.717) is 13.1 Å². The second kappa shape index (κ2) is 5.40. The third kappa shape index (κ3) is 2.93. The van der Waals surface area contributed by atoms with Gasteiger partial charge in [-0.25, -0.2) is 0 Å². The Morgan fingerprint density at radius 3 is 2.84 bits per heavy atom. The molecule has 1 aromatic rings. The van der Waals surface area contributed by atoms with Crippen LogP contribution in [0.4, 0.5) is 5.69 Å². The third-order valence-electron chi connectivity index (χ3n) is 3.01. The summed E-state index contributed by atoms with van der Waals surface area (Å²) < 4.78 is 0. The Balaban J connectivity index is 2.30. The number of halogens is 1. The standard InChI is InChI=1S/C13H13ClN2O3/c1-9-3-2-6-15(8-9)13(17)11-7-10(16(18)19)4-5-12(11)14/h3-5,7H,2,6,8H2,1H3. The Morgan fingerprint density at radius 2 is 2.21 bits per heavy atom. The molecule has 19 heavy (non-hydrogen) atoms. The number of nitro groups is 1. The molecule has 0 bridgehead atoms. The van der Waals surface area contributed by atoms with Crippen LogP contribution >= 0.6 is 11.6 Å². The quantitative estimate of drug-likeness (QED) is 0.475. The van der Waals surface area contributed by atoms with E-state index in [0.717, 1.165) is 12.0 Å². The molecule has 1 aliphatic heterocycles. The summed E-state index contributed by atoms with van der Waals surface area (Å²) in [5.41, 5.74) is 1.17. The normalized spacial score (nSPS) is 15.1. The van der Waals surface area contributed by atoms with Crippen molar-refractivity contribution < 1.29 is 9.72 Å². The molecule has 0 spiro atoms. The largest absolute Gasteiger partial charge is 0.334 e. The Morgan fingerprint density at radius 1 is 1.47 bits per heavy atom. The molecule has 5 nitrogen and oxygen atoms in total. The first-order valence-corrected chi connectivity index (χ1v) is 6.25. The number of benzene rings is 1. The molecule has 1 amide bonds. The first-order valence-electron chi connectivity index (χ1n) is 5.88. The average molecular weight is 281 g/mol. The molecule has 0 fully saturated rings. The number of carbonyl (C=O) groups excluding carboxylic acids is 1. The molecule has 1 heterocycles. The Kier molecular flexibility index (Phi) is 3.85. The minimum Gasteiger partial charge on any atom is -0.334 e. The zero-order valence-electron chi connectivity index (χ0n) is 10.4. The van der Waals surface area contributed by atoms with Gasteiger partial charge in [0.1, 0.15) is 0 Å². The van der Waals surface area contributed by atoms with Crippen LogP contribution in [0.1, 0.15) is 23.7 Å². The summed E-state index contributed by atoms with van der Waals surface area (Å²) in [4.78, 5) is 24.2. The van der Waals surface area contributed by atoms with Crippen molar-refractivity contribution in [3.8, 4) is 0 Å². The summed E-state index contributed by atoms with van der Waals surface area (Å²) in [6, 6.07) is 3.92. The first-order chi connectivity index (χ1) is 8.99. The fourth-order valence-corrected chi connectivity index (χ4v) is 2.24. The van der Waals surface area contributed by atoms with Crippen molar-refractivity contribution in [2.75, 3.05) is 13.1 Å². The van der Waals surface area contributed by atoms with Crippen LogP contribution in [0.25, 0.3) is 0 Å². The average Bonchev–Trinajstić information content (AvgIpc) is 2.38. The highest BCUT2D eigenvalue weighted by Gasteiger charge is 2.22. The minimum absolute atomic E-state index is 0.128. The Bertz CT molecular complexity index is 569. The molecule has 0 radical (unpaired) electrons. The van der Waals surface area contributed by atoms with E-state index in [1.807, 2.05) is 6.92 Å². The van der Waals surface area contributed by atoms with Crippen LogP contribution < -0.4 is 0 Å². The number of carbonyl (C=O) groups is 1. The van der Waals surface area contributed by atoms with Gasteiger partial charge in [-0.1, -0.05) is 23.3 Å². The lowest BCUT2D eigenvalue weighted by Crippen LogP contribution is -2.35. The second-order valence-electron chi connectivity index (χ2n) is 4.49. The van der Waals surface area contributed by atoms with Crippen LogP contribution in [-0.4, -0.2) is 28.8 Å². The minimum atomic E-state index is -0.533. The van der Waals surface area contributed by atoms with Gasteiger partial charge in [-0.3, -0.25) is 14.9 Å². The summed E-state index contributed by atoms with van der Waals surface area (Å²) in [5, 5.41) is 11.0. The number of amides is 1. The van der Waals surface area contributed by atoms with Gasteiger partial charge in [-0.05, 0) is 19.4 Å². The second-order valence-corrected chi connectivity index (χ2v) is 4.89. The van der Waals surface area contributed by atoms with E-state index in [-0.39, 0.29) is 22.2 Å². The molecule has 0 saturated heterocycles. The third-order valence-corrected chi connectivity index (χ3v) is 3.34. The summed E-state index contributed by atoms with van der Waals surface area (Å²) in [5.74, 6) is -0.263. The monoisotopic (exact) mass is 280 g/mol. The molecular formula is C13H13ClN2O3. The number of hydrogen-bond donors (Lipinski definition) is 0. The van der Waals surface area contributed by atoms with Gasteiger partial charge in [-0.15, -0.1) is 0 Å². The van der Waals surface area contributed by atoms with Crippen LogP contribution in [0.3, 0.4) is 0 Å². The van der Waals surface area contributed by atoms with Crippen molar-refractivity contribution in [2.24, 2.45) is 0 Å². The maximum Gasteiger partial charge on any atom is 0.270 e. The molecule has 0 saturated carbocycles. The van der Waals surface area contributed by atoms with E-state index in [9.17, 15) is 14.9 Å². The van der Waals surface area contributed by atoms with Crippen LogP contribution in [0.15, 0.2) is 29.8 Å². The van der Waals surface area contributed by atoms with E-state index in [4.69, 9.17) is 11.6 Å². The lowest BCUT2D eigenvalue weighted by molar-refractivity contribution is -0.384. The molecule has 6 heteroatoms. The number of non-ortho nitro benzene ring substituents is 1. The zero-order valence-corrected chi connectivity index (χ0v) is 11.2. The van der Waals surface area contributed by atoms with Crippen molar-refractivity contribution in [3.05, 3.63) is 50.5 Å². The summed E-state index contributed by atoms with van der Waals surface area (Å²) >= 11 is 5.97. The van der Waals surface area contributed by atoms with Gasteiger partial charge < -0.3 is 4.90 Å². The molecule has 1 aromatic carbocycles. The van der Waals surface area contributed by atoms with Gasteiger partial charge in [0.15, 0.2) is 0 Å². The van der Waals surface area contributed by atoms with Gasteiger partial charge in [0.05, 0.1) is 15.5 Å². The predicted octanol–water partition coefficient (Wildman–Crippen LogP) is 3.04. The number of nitro benzene ring substituents is 1. The van der Waals surface area contributed by atoms with Gasteiger partial charge in [0.25, 0.3) is 11.6 Å². The zero-order chi connectivity index (χ0) is 14.0. The summed E-state index contributed by atoms with van der Waals surface area (Å²) in [7, 11) is 0. The molecule has 1 aliphatic rings. The molecule has 0 aliphatic carbocycles. The van der Waals surface area contributed by atoms with Crippen molar-refractivity contribution in [3.63, 3.8) is 0 Å². The lowest BCUT2D eigenvalue weighted by atomic mass is 10.1. The Labute approximate surface area is 115 Å². The molecular weight excluding hydrogens is 268 g/mol. The van der Waals surface area contributed by atoms with Crippen molar-refractivity contribution in [2.45, 2.75) is 13.3 Å². The fourth-order valence-electron chi connectivity index (χ4n) is 2.05. The maximum atomic E-state index is 12.3. The highest BCUT2D eigenvalue weighted by molar-refractivity contribution is 6.33. The lowest BCUT2D eigenvalue weighted by Gasteiger charge is -2.26. The van der Waals surface area contributed by atoms with Crippen LogP contribution in [0.2, 0.25) is 5.02 Å². The van der Waals surface area contributed by atoms with E-state index < -0.39 is 4.92 Å². The smallest absolute Gasteiger partial charge is 0.270 e. The molecule has 0 unspecified atom stereocenters. The topological polar surface area (TPSA) is 63.5 Å². The Hall–Kier alpha value is -1.88. The van der Waals surface area contributed by atoms with E-state index >= 15 is 0 Å². The molecule has 0 aromatic heterocycles. The number of nitrogens with zero attached hydrogens (tertiary/aromatic N) is 2. The predicted molar refractivity (Wildman–Crippen MR) is 72.4 cm³/mol. The molecule has 0 atom stereocenters. The van der Waals surface area contributed by atoms with Gasteiger partial charge in [-0.2, -0.15) is 0 Å². The molecule has 0 N–H and O–H groups in total. The van der Waals surface area contributed by atoms with E-state index in [2.05, 4.69) is 6.08 Å². The first kappa shape index (κ1) is 13.5. The number of hydrogen-bond acceptors (Lipinski definition) is 3. The SMILES string of the molecule is CC1=CCCN(C(=O)c2cc([N+](=O)[O-])ccc2Cl)C1. The van der Waals surface area contributed by atoms with Crippen LogP contribution in [0, 0.1) is 10.1 Å². The summed E-state index contributed by atoms with van der Waals surface area (Å²) in [6.45, 7) is 3.10. The summed E-state index contributed by atoms with van der Waals surface area (Å²) in [6.07, 6.45) is 2.88. The number of rotatable bonds is 2. The van der Waals surface area contributed by atoms with Gasteiger partial charge >= 0.3 is 0 Å². The molecule has 2 rings (SSSR count). The highest BCUT2D eigenvalue weighted by Crippen LogP contribution is 2.24. The van der Waals surface area contributed by atoms with Crippen molar-refractivity contribution >= 4 is 23.2 Å². The van der Waals surface area contributed by atoms with Crippen LogP contribution in [-0.2, 0) is 0 Å². The van der Waals surface area contributed by atoms with E-state index in [1.165, 1.54) is 18.2 Å². The van der Waals surface area contributed by atoms with Crippen molar-refractivity contribution in [1.82, 2.24) is 4.90 Å². The fraction of sp³-hybridized carbons (Fsp3) is 0.308. The van der Waals surface area contributed by atoms with E-state index in [1.54, 1.807) is 4.90 Å². The van der Waals surface area contributed by atoms with Gasteiger partial charge in [0, 0.05) is 25.2 Å². The van der Waals surface area contributed by atoms with Crippen molar-refractivity contribution in [1.29, 1.82) is 0 Å². The van der Waals surface area contributed by atoms with Crippen LogP contribution in [0.5, 0.6) is 0 Å². The highest BCUT2D eigenvalue weighted by atomic mass is 35.5.